The Balaban J connectivity index is 2.15. The van der Waals surface area contributed by atoms with E-state index in [1.54, 1.807) is 0 Å². The number of amides is 2. The fourth-order valence-corrected chi connectivity index (χ4v) is 1.65. The molecule has 2 rings (SSSR count). The molecule has 7 nitrogen and oxygen atoms in total. The fourth-order valence-electron chi connectivity index (χ4n) is 1.65. The second-order valence-corrected chi connectivity index (χ2v) is 4.66. The molecular formula is C13H18N6O. The molecule has 1 aromatic heterocycles. The standard InChI is InChI=1S/C13H18N6O/c1-4-10(3)15-13(20)16-12-7-11(6-5-9(12)2)19-8-14-17-18-19/h5-8,10H,4H2,1-3H3,(H2,15,16,20)/t10-/m0/s1. The average molecular weight is 274 g/mol. The molecule has 0 spiro atoms. The van der Waals surface area contributed by atoms with E-state index in [1.165, 1.54) is 11.0 Å². The second-order valence-electron chi connectivity index (χ2n) is 4.66. The lowest BCUT2D eigenvalue weighted by molar-refractivity contribution is 0.249. The highest BCUT2D eigenvalue weighted by molar-refractivity contribution is 5.90. The molecule has 0 aliphatic heterocycles. The van der Waals surface area contributed by atoms with Crippen molar-refractivity contribution in [3.63, 3.8) is 0 Å². The molecule has 0 aliphatic carbocycles. The maximum atomic E-state index is 11.9. The molecule has 0 saturated heterocycles. The molecule has 0 saturated carbocycles. The first-order valence-electron chi connectivity index (χ1n) is 6.51. The van der Waals surface area contributed by atoms with Crippen molar-refractivity contribution in [2.45, 2.75) is 33.2 Å². The lowest BCUT2D eigenvalue weighted by Gasteiger charge is -2.14. The van der Waals surface area contributed by atoms with E-state index in [-0.39, 0.29) is 12.1 Å². The van der Waals surface area contributed by atoms with Crippen LogP contribution in [0.15, 0.2) is 24.5 Å². The van der Waals surface area contributed by atoms with Crippen LogP contribution in [0.2, 0.25) is 0 Å². The van der Waals surface area contributed by atoms with E-state index in [4.69, 9.17) is 0 Å². The number of benzene rings is 1. The zero-order valence-electron chi connectivity index (χ0n) is 11.8. The van der Waals surface area contributed by atoms with Gasteiger partial charge >= 0.3 is 6.03 Å². The van der Waals surface area contributed by atoms with Gasteiger partial charge in [-0.1, -0.05) is 13.0 Å². The third-order valence-electron chi connectivity index (χ3n) is 3.07. The smallest absolute Gasteiger partial charge is 0.319 e. The van der Waals surface area contributed by atoms with Crippen LogP contribution in [0.1, 0.15) is 25.8 Å². The van der Waals surface area contributed by atoms with Crippen molar-refractivity contribution in [2.24, 2.45) is 0 Å². The minimum atomic E-state index is -0.212. The Kier molecular flexibility index (Phi) is 4.29. The Morgan fingerprint density at radius 1 is 1.45 bits per heavy atom. The van der Waals surface area contributed by atoms with Gasteiger partial charge in [0.25, 0.3) is 0 Å². The number of aryl methyl sites for hydroxylation is 1. The van der Waals surface area contributed by atoms with E-state index >= 15 is 0 Å². The summed E-state index contributed by atoms with van der Waals surface area (Å²) in [5, 5.41) is 16.7. The Morgan fingerprint density at radius 2 is 2.25 bits per heavy atom. The van der Waals surface area contributed by atoms with Crippen LogP contribution in [0, 0.1) is 6.92 Å². The topological polar surface area (TPSA) is 84.7 Å². The molecule has 0 unspecified atom stereocenters. The summed E-state index contributed by atoms with van der Waals surface area (Å²) >= 11 is 0. The predicted octanol–water partition coefficient (Wildman–Crippen LogP) is 1.89. The highest BCUT2D eigenvalue weighted by Crippen LogP contribution is 2.18. The zero-order valence-corrected chi connectivity index (χ0v) is 11.8. The average Bonchev–Trinajstić information content (AvgIpc) is 2.95. The van der Waals surface area contributed by atoms with Crippen LogP contribution in [-0.4, -0.2) is 32.3 Å². The summed E-state index contributed by atoms with van der Waals surface area (Å²) < 4.78 is 1.54. The SMILES string of the molecule is CC[C@H](C)NC(=O)Nc1cc(-n2cnnn2)ccc1C. The number of hydrogen-bond acceptors (Lipinski definition) is 4. The number of hydrogen-bond donors (Lipinski definition) is 2. The number of carbonyl (C=O) groups excluding carboxylic acids is 1. The second kappa shape index (κ2) is 6.14. The number of nitrogens with zero attached hydrogens (tertiary/aromatic N) is 4. The molecule has 1 aromatic carbocycles. The zero-order chi connectivity index (χ0) is 14.5. The first kappa shape index (κ1) is 14.0. The highest BCUT2D eigenvalue weighted by Gasteiger charge is 2.08. The quantitative estimate of drug-likeness (QED) is 0.891. The summed E-state index contributed by atoms with van der Waals surface area (Å²) in [7, 11) is 0. The largest absolute Gasteiger partial charge is 0.335 e. The Hall–Kier alpha value is -2.44. The van der Waals surface area contributed by atoms with Crippen molar-refractivity contribution in [1.82, 2.24) is 25.5 Å². The molecule has 0 fully saturated rings. The van der Waals surface area contributed by atoms with Gasteiger partial charge in [-0.25, -0.2) is 9.48 Å². The maximum absolute atomic E-state index is 11.9. The van der Waals surface area contributed by atoms with Crippen molar-refractivity contribution in [3.05, 3.63) is 30.1 Å². The van der Waals surface area contributed by atoms with Crippen LogP contribution in [0.5, 0.6) is 0 Å². The third-order valence-corrected chi connectivity index (χ3v) is 3.07. The molecule has 0 bridgehead atoms. The lowest BCUT2D eigenvalue weighted by atomic mass is 10.2. The van der Waals surface area contributed by atoms with Gasteiger partial charge < -0.3 is 10.6 Å². The number of rotatable bonds is 4. The molecule has 7 heteroatoms. The Morgan fingerprint density at radius 3 is 2.90 bits per heavy atom. The lowest BCUT2D eigenvalue weighted by Crippen LogP contribution is -2.35. The van der Waals surface area contributed by atoms with Gasteiger partial charge in [0.05, 0.1) is 5.69 Å². The molecule has 1 heterocycles. The highest BCUT2D eigenvalue weighted by atomic mass is 16.2. The summed E-state index contributed by atoms with van der Waals surface area (Å²) in [6, 6.07) is 5.57. The molecule has 20 heavy (non-hydrogen) atoms. The van der Waals surface area contributed by atoms with E-state index in [2.05, 4.69) is 26.2 Å². The molecule has 0 aliphatic rings. The molecule has 2 N–H and O–H groups in total. The van der Waals surface area contributed by atoms with Crippen molar-refractivity contribution < 1.29 is 4.79 Å². The first-order chi connectivity index (χ1) is 9.60. The van der Waals surface area contributed by atoms with Crippen LogP contribution < -0.4 is 10.6 Å². The van der Waals surface area contributed by atoms with Gasteiger partial charge in [-0.05, 0) is 48.4 Å². The van der Waals surface area contributed by atoms with E-state index in [9.17, 15) is 4.79 Å². The fraction of sp³-hybridized carbons (Fsp3) is 0.385. The van der Waals surface area contributed by atoms with Crippen LogP contribution >= 0.6 is 0 Å². The van der Waals surface area contributed by atoms with E-state index in [0.29, 0.717) is 0 Å². The number of anilines is 1. The number of aromatic nitrogens is 4. The van der Waals surface area contributed by atoms with Crippen LogP contribution in [0.3, 0.4) is 0 Å². The van der Waals surface area contributed by atoms with Gasteiger partial charge in [-0.2, -0.15) is 0 Å². The van der Waals surface area contributed by atoms with Gasteiger partial charge in [-0.15, -0.1) is 5.10 Å². The number of carbonyl (C=O) groups is 1. The first-order valence-corrected chi connectivity index (χ1v) is 6.51. The van der Waals surface area contributed by atoms with Crippen LogP contribution in [-0.2, 0) is 0 Å². The number of tetrazole rings is 1. The molecular weight excluding hydrogens is 256 g/mol. The van der Waals surface area contributed by atoms with E-state index in [0.717, 1.165) is 23.4 Å². The Bertz CT molecular complexity index is 581. The molecule has 1 atom stereocenters. The molecule has 2 aromatic rings. The third kappa shape index (κ3) is 3.31. The Labute approximate surface area is 117 Å². The van der Waals surface area contributed by atoms with Gasteiger partial charge in [-0.3, -0.25) is 0 Å². The van der Waals surface area contributed by atoms with Crippen LogP contribution in [0.25, 0.3) is 5.69 Å². The van der Waals surface area contributed by atoms with Gasteiger partial charge in [0.2, 0.25) is 0 Å². The number of urea groups is 1. The van der Waals surface area contributed by atoms with Crippen molar-refractivity contribution in [3.8, 4) is 5.69 Å². The summed E-state index contributed by atoms with van der Waals surface area (Å²) in [5.41, 5.74) is 2.50. The monoisotopic (exact) mass is 274 g/mol. The number of nitrogens with one attached hydrogen (secondary N) is 2. The summed E-state index contributed by atoms with van der Waals surface area (Å²) in [6.45, 7) is 5.92. The van der Waals surface area contributed by atoms with Crippen LogP contribution in [0.4, 0.5) is 10.5 Å². The summed E-state index contributed by atoms with van der Waals surface area (Å²) in [5.74, 6) is 0. The van der Waals surface area contributed by atoms with Gasteiger partial charge in [0.15, 0.2) is 0 Å². The minimum absolute atomic E-state index is 0.137. The normalized spacial score (nSPS) is 11.9. The molecule has 2 amide bonds. The van der Waals surface area contributed by atoms with Gasteiger partial charge in [0.1, 0.15) is 6.33 Å². The van der Waals surface area contributed by atoms with E-state index < -0.39 is 0 Å². The summed E-state index contributed by atoms with van der Waals surface area (Å²) in [6.07, 6.45) is 2.39. The minimum Gasteiger partial charge on any atom is -0.335 e. The maximum Gasteiger partial charge on any atom is 0.319 e. The predicted molar refractivity (Wildman–Crippen MR) is 75.8 cm³/mol. The van der Waals surface area contributed by atoms with Crippen molar-refractivity contribution in [2.75, 3.05) is 5.32 Å². The molecule has 0 radical (unpaired) electrons. The van der Waals surface area contributed by atoms with Crippen molar-refractivity contribution in [1.29, 1.82) is 0 Å². The van der Waals surface area contributed by atoms with Gasteiger partial charge in [0, 0.05) is 11.7 Å². The van der Waals surface area contributed by atoms with Crippen molar-refractivity contribution >= 4 is 11.7 Å². The van der Waals surface area contributed by atoms with E-state index in [1.807, 2.05) is 39.0 Å². The summed E-state index contributed by atoms with van der Waals surface area (Å²) in [4.78, 5) is 11.9. The molecule has 106 valence electrons.